The molecular weight excluding hydrogens is 470 g/mol. The fraction of sp³-hybridized carbons (Fsp3) is 0.565. The second-order valence-corrected chi connectivity index (χ2v) is 10.0. The predicted octanol–water partition coefficient (Wildman–Crippen LogP) is 4.78. The van der Waals surface area contributed by atoms with Gasteiger partial charge in [-0.25, -0.2) is 0 Å². The molecule has 0 N–H and O–H groups in total. The Hall–Kier alpha value is -1.37. The van der Waals surface area contributed by atoms with Crippen LogP contribution in [-0.4, -0.2) is 47.3 Å². The van der Waals surface area contributed by atoms with E-state index in [1.54, 1.807) is 4.90 Å². The van der Waals surface area contributed by atoms with Crippen molar-refractivity contribution in [1.29, 1.82) is 0 Å². The van der Waals surface area contributed by atoms with Crippen LogP contribution in [0.2, 0.25) is 0 Å². The smallest absolute Gasteiger partial charge is 0.290 e. The van der Waals surface area contributed by atoms with E-state index in [0.717, 1.165) is 16.5 Å². The molecule has 1 aliphatic carbocycles. The molecule has 30 heavy (non-hydrogen) atoms. The van der Waals surface area contributed by atoms with E-state index < -0.39 is 6.04 Å². The molecule has 2 aliphatic heterocycles. The van der Waals surface area contributed by atoms with Gasteiger partial charge in [-0.3, -0.25) is 9.59 Å². The SMILES string of the molecule is CC(C)OCCCN1C(=O)C2=C(C(=O)C3CC(Cl)CCC3O2)C1c1ccc(Br)cc1. The monoisotopic (exact) mass is 495 g/mol. The summed E-state index contributed by atoms with van der Waals surface area (Å²) in [6, 6.07) is 7.36. The van der Waals surface area contributed by atoms with Gasteiger partial charge in [-0.05, 0) is 57.2 Å². The van der Waals surface area contributed by atoms with Crippen LogP contribution in [0.1, 0.15) is 51.1 Å². The first kappa shape index (κ1) is 21.8. The van der Waals surface area contributed by atoms with Gasteiger partial charge >= 0.3 is 0 Å². The molecule has 1 fully saturated rings. The first-order valence-corrected chi connectivity index (χ1v) is 11.9. The number of hydrogen-bond donors (Lipinski definition) is 0. The number of carbonyl (C=O) groups is 2. The highest BCUT2D eigenvalue weighted by molar-refractivity contribution is 9.10. The molecule has 0 spiro atoms. The Labute approximate surface area is 190 Å². The highest BCUT2D eigenvalue weighted by atomic mass is 79.9. The van der Waals surface area contributed by atoms with Gasteiger partial charge in [0.1, 0.15) is 6.10 Å². The van der Waals surface area contributed by atoms with E-state index in [2.05, 4.69) is 15.9 Å². The van der Waals surface area contributed by atoms with Crippen LogP contribution >= 0.6 is 27.5 Å². The molecule has 5 nitrogen and oxygen atoms in total. The minimum Gasteiger partial charge on any atom is -0.483 e. The van der Waals surface area contributed by atoms with Crippen molar-refractivity contribution in [2.24, 2.45) is 5.92 Å². The lowest BCUT2D eigenvalue weighted by molar-refractivity contribution is -0.135. The number of rotatable bonds is 6. The Kier molecular flexibility index (Phi) is 6.56. The summed E-state index contributed by atoms with van der Waals surface area (Å²) in [5.41, 5.74) is 1.41. The van der Waals surface area contributed by atoms with Crippen LogP contribution in [0.25, 0.3) is 0 Å². The Morgan fingerprint density at radius 2 is 1.97 bits per heavy atom. The van der Waals surface area contributed by atoms with Crippen molar-refractivity contribution in [2.75, 3.05) is 13.2 Å². The molecule has 0 radical (unpaired) electrons. The summed E-state index contributed by atoms with van der Waals surface area (Å²) in [6.07, 6.45) is 2.71. The fourth-order valence-electron chi connectivity index (χ4n) is 4.64. The van der Waals surface area contributed by atoms with Crippen molar-refractivity contribution in [3.8, 4) is 0 Å². The second kappa shape index (κ2) is 9.01. The zero-order valence-electron chi connectivity index (χ0n) is 17.3. The lowest BCUT2D eigenvalue weighted by Gasteiger charge is -2.37. The Morgan fingerprint density at radius 3 is 2.67 bits per heavy atom. The lowest BCUT2D eigenvalue weighted by Crippen LogP contribution is -2.41. The van der Waals surface area contributed by atoms with Gasteiger partial charge < -0.3 is 14.4 Å². The number of Topliss-reactive ketones (excluding diaryl/α,β-unsaturated/α-hetero) is 1. The Bertz CT molecular complexity index is 853. The quantitative estimate of drug-likeness (QED) is 0.420. The predicted molar refractivity (Wildman–Crippen MR) is 118 cm³/mol. The molecule has 4 atom stereocenters. The van der Waals surface area contributed by atoms with Crippen molar-refractivity contribution in [3.63, 3.8) is 0 Å². The van der Waals surface area contributed by atoms with Gasteiger partial charge in [0.2, 0.25) is 0 Å². The van der Waals surface area contributed by atoms with E-state index >= 15 is 0 Å². The maximum atomic E-state index is 13.5. The molecule has 4 unspecified atom stereocenters. The van der Waals surface area contributed by atoms with Crippen LogP contribution in [0.5, 0.6) is 0 Å². The molecule has 0 aromatic heterocycles. The van der Waals surface area contributed by atoms with E-state index in [-0.39, 0.29) is 41.0 Å². The molecule has 7 heteroatoms. The number of alkyl halides is 1. The Balaban J connectivity index is 1.65. The summed E-state index contributed by atoms with van der Waals surface area (Å²) in [5, 5.41) is -0.0199. The Morgan fingerprint density at radius 1 is 1.23 bits per heavy atom. The minimum absolute atomic E-state index is 0.0199. The van der Waals surface area contributed by atoms with Gasteiger partial charge in [0.25, 0.3) is 5.91 Å². The third-order valence-corrected chi connectivity index (χ3v) is 6.98. The summed E-state index contributed by atoms with van der Waals surface area (Å²) in [7, 11) is 0. The molecule has 1 aromatic rings. The van der Waals surface area contributed by atoms with E-state index in [1.165, 1.54) is 0 Å². The zero-order valence-corrected chi connectivity index (χ0v) is 19.6. The standard InChI is InChI=1S/C23H27BrClNO4/c1-13(2)29-11-3-10-26-20(14-4-6-15(24)7-5-14)19-21(27)17-12-16(25)8-9-18(17)30-22(19)23(26)28/h4-7,13,16-18,20H,3,8-12H2,1-2H3. The molecule has 162 valence electrons. The summed E-state index contributed by atoms with van der Waals surface area (Å²) in [4.78, 5) is 28.6. The van der Waals surface area contributed by atoms with Crippen molar-refractivity contribution >= 4 is 39.2 Å². The van der Waals surface area contributed by atoms with Crippen LogP contribution in [0.3, 0.4) is 0 Å². The molecule has 1 amide bonds. The van der Waals surface area contributed by atoms with Crippen LogP contribution in [0.15, 0.2) is 40.1 Å². The van der Waals surface area contributed by atoms with Gasteiger partial charge in [-0.2, -0.15) is 0 Å². The number of hydrogen-bond acceptors (Lipinski definition) is 4. The number of ether oxygens (including phenoxy) is 2. The van der Waals surface area contributed by atoms with Crippen molar-refractivity contribution in [2.45, 2.75) is 63.2 Å². The van der Waals surface area contributed by atoms with E-state index in [9.17, 15) is 9.59 Å². The molecule has 1 saturated carbocycles. The molecule has 0 saturated heterocycles. The van der Waals surface area contributed by atoms with Crippen LogP contribution in [0.4, 0.5) is 0 Å². The van der Waals surface area contributed by atoms with E-state index in [0.29, 0.717) is 38.0 Å². The molecule has 3 aliphatic rings. The van der Waals surface area contributed by atoms with Gasteiger partial charge in [-0.15, -0.1) is 11.6 Å². The summed E-state index contributed by atoms with van der Waals surface area (Å²) in [5.74, 6) is -0.196. The average molecular weight is 497 g/mol. The van der Waals surface area contributed by atoms with Gasteiger partial charge in [0, 0.05) is 23.0 Å². The number of amides is 1. The maximum absolute atomic E-state index is 13.5. The number of ketones is 1. The number of nitrogens with zero attached hydrogens (tertiary/aromatic N) is 1. The number of fused-ring (bicyclic) bond motifs is 1. The van der Waals surface area contributed by atoms with Crippen molar-refractivity contribution < 1.29 is 19.1 Å². The zero-order chi connectivity index (χ0) is 21.4. The fourth-order valence-corrected chi connectivity index (χ4v) is 5.22. The molecule has 0 bridgehead atoms. The van der Waals surface area contributed by atoms with Crippen LogP contribution in [-0.2, 0) is 19.1 Å². The molecule has 2 heterocycles. The molecular formula is C23H27BrClNO4. The highest BCUT2D eigenvalue weighted by Crippen LogP contribution is 2.47. The van der Waals surface area contributed by atoms with E-state index in [1.807, 2.05) is 38.1 Å². The third-order valence-electron chi connectivity index (χ3n) is 6.06. The first-order valence-electron chi connectivity index (χ1n) is 10.6. The van der Waals surface area contributed by atoms with Crippen LogP contribution < -0.4 is 0 Å². The third kappa shape index (κ3) is 4.19. The number of carbonyl (C=O) groups excluding carboxylic acids is 2. The summed E-state index contributed by atoms with van der Waals surface area (Å²) in [6.45, 7) is 5.05. The normalized spacial score (nSPS) is 28.6. The number of halogens is 2. The largest absolute Gasteiger partial charge is 0.483 e. The van der Waals surface area contributed by atoms with Gasteiger partial charge in [-0.1, -0.05) is 28.1 Å². The van der Waals surface area contributed by atoms with Crippen molar-refractivity contribution in [1.82, 2.24) is 4.90 Å². The van der Waals surface area contributed by atoms with Crippen LogP contribution in [0, 0.1) is 5.92 Å². The minimum atomic E-state index is -0.427. The topological polar surface area (TPSA) is 55.8 Å². The van der Waals surface area contributed by atoms with Crippen molar-refractivity contribution in [3.05, 3.63) is 45.6 Å². The summed E-state index contributed by atoms with van der Waals surface area (Å²) < 4.78 is 12.8. The molecule has 1 aromatic carbocycles. The first-order chi connectivity index (χ1) is 14.4. The van der Waals surface area contributed by atoms with Gasteiger partial charge in [0.05, 0.1) is 23.6 Å². The second-order valence-electron chi connectivity index (χ2n) is 8.51. The number of benzene rings is 1. The van der Waals surface area contributed by atoms with Gasteiger partial charge in [0.15, 0.2) is 11.5 Å². The maximum Gasteiger partial charge on any atom is 0.290 e. The lowest BCUT2D eigenvalue weighted by atomic mass is 9.77. The van der Waals surface area contributed by atoms with E-state index in [4.69, 9.17) is 21.1 Å². The summed E-state index contributed by atoms with van der Waals surface area (Å²) >= 11 is 9.83. The highest BCUT2D eigenvalue weighted by Gasteiger charge is 2.52. The average Bonchev–Trinajstić information content (AvgIpc) is 2.99. The molecule has 4 rings (SSSR count).